The largest absolute Gasteiger partial charge is 0.497 e. The molecule has 0 saturated carbocycles. The van der Waals surface area contributed by atoms with Crippen molar-refractivity contribution in [2.75, 3.05) is 7.11 Å². The van der Waals surface area contributed by atoms with E-state index in [1.54, 1.807) is 7.11 Å². The van der Waals surface area contributed by atoms with Crippen molar-refractivity contribution in [2.45, 2.75) is 56.3 Å². The highest BCUT2D eigenvalue weighted by atomic mass is 19.1. The number of rotatable bonds is 4. The zero-order valence-corrected chi connectivity index (χ0v) is 11.5. The molecule has 3 rings (SSSR count). The van der Waals surface area contributed by atoms with Gasteiger partial charge in [0, 0.05) is 12.1 Å². The lowest BCUT2D eigenvalue weighted by Gasteiger charge is -2.35. The second kappa shape index (κ2) is 5.12. The smallest absolute Gasteiger partial charge is 0.118 e. The third-order valence-corrected chi connectivity index (χ3v) is 4.58. The lowest BCUT2D eigenvalue weighted by Crippen LogP contribution is -2.46. The zero-order valence-electron chi connectivity index (χ0n) is 11.5. The predicted octanol–water partition coefficient (Wildman–Crippen LogP) is 3.25. The quantitative estimate of drug-likeness (QED) is 0.900. The molecule has 2 aliphatic heterocycles. The van der Waals surface area contributed by atoms with Gasteiger partial charge in [-0.2, -0.15) is 0 Å². The van der Waals surface area contributed by atoms with Gasteiger partial charge in [0.15, 0.2) is 0 Å². The highest BCUT2D eigenvalue weighted by Gasteiger charge is 2.43. The lowest BCUT2D eigenvalue weighted by atomic mass is 9.84. The molecule has 19 heavy (non-hydrogen) atoms. The Morgan fingerprint density at radius 3 is 2.42 bits per heavy atom. The topological polar surface area (TPSA) is 21.3 Å². The van der Waals surface area contributed by atoms with Crippen molar-refractivity contribution in [3.05, 3.63) is 29.8 Å². The van der Waals surface area contributed by atoms with E-state index in [9.17, 15) is 4.39 Å². The first-order chi connectivity index (χ1) is 9.17. The Kier molecular flexibility index (Phi) is 3.48. The summed E-state index contributed by atoms with van der Waals surface area (Å²) in [7, 11) is 1.66. The van der Waals surface area contributed by atoms with E-state index in [0.29, 0.717) is 31.3 Å². The zero-order chi connectivity index (χ0) is 13.3. The van der Waals surface area contributed by atoms with Crippen LogP contribution in [-0.4, -0.2) is 24.9 Å². The number of hydrogen-bond donors (Lipinski definition) is 1. The molecule has 2 saturated heterocycles. The number of nitrogens with one attached hydrogen (secondary N) is 1. The van der Waals surface area contributed by atoms with Crippen LogP contribution < -0.4 is 10.1 Å². The van der Waals surface area contributed by atoms with Crippen molar-refractivity contribution >= 4 is 0 Å². The summed E-state index contributed by atoms with van der Waals surface area (Å²) in [5.41, 5.74) is 0.237. The van der Waals surface area contributed by atoms with Crippen molar-refractivity contribution < 1.29 is 9.13 Å². The first-order valence-corrected chi connectivity index (χ1v) is 7.25. The number of piperidine rings is 1. The number of hydrogen-bond acceptors (Lipinski definition) is 2. The Balaban J connectivity index is 1.58. The molecule has 0 aliphatic carbocycles. The minimum Gasteiger partial charge on any atom is -0.497 e. The normalized spacial score (nSPS) is 33.4. The van der Waals surface area contributed by atoms with Gasteiger partial charge in [0.2, 0.25) is 0 Å². The van der Waals surface area contributed by atoms with Gasteiger partial charge in [-0.25, -0.2) is 4.39 Å². The third-order valence-electron chi connectivity index (χ3n) is 4.58. The molecule has 0 aromatic heterocycles. The fraction of sp³-hybridized carbons (Fsp3) is 0.625. The molecule has 0 spiro atoms. The van der Waals surface area contributed by atoms with Gasteiger partial charge in [0.05, 0.1) is 7.11 Å². The van der Waals surface area contributed by atoms with Gasteiger partial charge < -0.3 is 10.1 Å². The molecule has 2 atom stereocenters. The van der Waals surface area contributed by atoms with E-state index < -0.39 is 5.67 Å². The Morgan fingerprint density at radius 2 is 1.84 bits per heavy atom. The van der Waals surface area contributed by atoms with Crippen molar-refractivity contribution in [1.82, 2.24) is 5.32 Å². The molecule has 1 aromatic carbocycles. The van der Waals surface area contributed by atoms with Gasteiger partial charge in [-0.15, -0.1) is 0 Å². The van der Waals surface area contributed by atoms with E-state index in [0.717, 1.165) is 25.0 Å². The summed E-state index contributed by atoms with van der Waals surface area (Å²) in [5.74, 6) is 0.860. The fourth-order valence-electron chi connectivity index (χ4n) is 3.56. The van der Waals surface area contributed by atoms with Gasteiger partial charge in [-0.05, 0) is 56.2 Å². The van der Waals surface area contributed by atoms with Crippen molar-refractivity contribution in [3.63, 3.8) is 0 Å². The van der Waals surface area contributed by atoms with Crippen molar-refractivity contribution in [2.24, 2.45) is 0 Å². The number of halogens is 1. The van der Waals surface area contributed by atoms with Gasteiger partial charge in [-0.3, -0.25) is 0 Å². The monoisotopic (exact) mass is 263 g/mol. The molecule has 2 aliphatic rings. The van der Waals surface area contributed by atoms with Gasteiger partial charge in [-0.1, -0.05) is 12.1 Å². The number of fused-ring (bicyclic) bond motifs is 2. The Bertz CT molecular complexity index is 419. The van der Waals surface area contributed by atoms with E-state index in [1.165, 1.54) is 5.56 Å². The van der Waals surface area contributed by atoms with Gasteiger partial charge in [0.25, 0.3) is 0 Å². The minimum absolute atomic E-state index is 0.416. The highest BCUT2D eigenvalue weighted by molar-refractivity contribution is 5.27. The second-order valence-electron chi connectivity index (χ2n) is 6.05. The van der Waals surface area contributed by atoms with Crippen LogP contribution in [0.3, 0.4) is 0 Å². The first-order valence-electron chi connectivity index (χ1n) is 7.25. The predicted molar refractivity (Wildman–Crippen MR) is 74.3 cm³/mol. The molecule has 2 fully saturated rings. The van der Waals surface area contributed by atoms with Crippen LogP contribution in [0.15, 0.2) is 24.3 Å². The summed E-state index contributed by atoms with van der Waals surface area (Å²) in [6.45, 7) is 0. The van der Waals surface area contributed by atoms with Crippen LogP contribution >= 0.6 is 0 Å². The highest BCUT2D eigenvalue weighted by Crippen LogP contribution is 2.39. The molecule has 2 nitrogen and oxygen atoms in total. The van der Waals surface area contributed by atoms with Gasteiger partial charge in [0.1, 0.15) is 11.4 Å². The molecule has 2 heterocycles. The average Bonchev–Trinajstić information content (AvgIpc) is 2.77. The molecule has 2 bridgehead atoms. The Morgan fingerprint density at radius 1 is 1.21 bits per heavy atom. The first kappa shape index (κ1) is 12.9. The van der Waals surface area contributed by atoms with Crippen molar-refractivity contribution in [3.8, 4) is 5.75 Å². The van der Waals surface area contributed by atoms with Crippen LogP contribution in [0.1, 0.15) is 37.7 Å². The maximum atomic E-state index is 14.9. The molecular weight excluding hydrogens is 241 g/mol. The minimum atomic E-state index is -0.961. The van der Waals surface area contributed by atoms with Crippen molar-refractivity contribution in [1.29, 1.82) is 0 Å². The Hall–Kier alpha value is -1.09. The number of alkyl halides is 1. The molecule has 104 valence electrons. The van der Waals surface area contributed by atoms with Gasteiger partial charge >= 0.3 is 0 Å². The van der Waals surface area contributed by atoms with Crippen LogP contribution in [0.25, 0.3) is 0 Å². The van der Waals surface area contributed by atoms with Crippen LogP contribution in [0.4, 0.5) is 4.39 Å². The summed E-state index contributed by atoms with van der Waals surface area (Å²) < 4.78 is 20.0. The van der Waals surface area contributed by atoms with Crippen LogP contribution in [-0.2, 0) is 6.42 Å². The van der Waals surface area contributed by atoms with E-state index in [1.807, 2.05) is 24.3 Å². The Labute approximate surface area is 114 Å². The van der Waals surface area contributed by atoms with E-state index in [-0.39, 0.29) is 0 Å². The standard InChI is InChI=1S/C16H22FNO/c1-19-15-6-2-12(3-7-15)8-9-16(17)10-13-4-5-14(11-16)18-13/h2-3,6-7,13-14,18H,4-5,8-11H2,1H3. The van der Waals surface area contributed by atoms with Crippen LogP contribution in [0.2, 0.25) is 0 Å². The number of aryl methyl sites for hydroxylation is 1. The van der Waals surface area contributed by atoms with E-state index in [2.05, 4.69) is 5.32 Å². The molecule has 0 radical (unpaired) electrons. The molecule has 0 amide bonds. The molecule has 1 aromatic rings. The van der Waals surface area contributed by atoms with Crippen LogP contribution in [0, 0.1) is 0 Å². The summed E-state index contributed by atoms with van der Waals surface area (Å²) >= 11 is 0. The maximum absolute atomic E-state index is 14.9. The van der Waals surface area contributed by atoms with E-state index >= 15 is 0 Å². The number of ether oxygens (including phenoxy) is 1. The maximum Gasteiger partial charge on any atom is 0.118 e. The SMILES string of the molecule is COc1ccc(CCC2(F)CC3CCC(C2)N3)cc1. The third kappa shape index (κ3) is 2.92. The average molecular weight is 263 g/mol. The molecule has 1 N–H and O–H groups in total. The van der Waals surface area contributed by atoms with Crippen LogP contribution in [0.5, 0.6) is 5.75 Å². The van der Waals surface area contributed by atoms with E-state index in [4.69, 9.17) is 4.74 Å². The summed E-state index contributed by atoms with van der Waals surface area (Å²) in [6, 6.07) is 8.81. The second-order valence-corrected chi connectivity index (χ2v) is 6.05. The molecule has 2 unspecified atom stereocenters. The summed E-state index contributed by atoms with van der Waals surface area (Å²) in [6.07, 6.45) is 5.16. The summed E-state index contributed by atoms with van der Waals surface area (Å²) in [4.78, 5) is 0. The molecule has 3 heteroatoms. The molecular formula is C16H22FNO. The number of methoxy groups -OCH3 is 1. The summed E-state index contributed by atoms with van der Waals surface area (Å²) in [5, 5.41) is 3.50. The fourth-order valence-corrected chi connectivity index (χ4v) is 3.56. The lowest BCUT2D eigenvalue weighted by molar-refractivity contribution is 0.0798. The number of benzene rings is 1.